The lowest BCUT2D eigenvalue weighted by atomic mass is 10.1. The summed E-state index contributed by atoms with van der Waals surface area (Å²) in [7, 11) is 0. The van der Waals surface area contributed by atoms with Gasteiger partial charge in [-0.25, -0.2) is 0 Å². The Morgan fingerprint density at radius 2 is 2.29 bits per heavy atom. The van der Waals surface area contributed by atoms with Gasteiger partial charge in [0.25, 0.3) is 0 Å². The molecule has 1 aliphatic heterocycles. The number of hydrogen-bond donors (Lipinski definition) is 1. The molecule has 1 atom stereocenters. The van der Waals surface area contributed by atoms with E-state index in [1.54, 1.807) is 5.54 Å². The zero-order valence-corrected chi connectivity index (χ0v) is 11.5. The van der Waals surface area contributed by atoms with E-state index in [1.807, 2.05) is 6.08 Å². The van der Waals surface area contributed by atoms with Crippen LogP contribution in [0.4, 0.5) is 0 Å². The van der Waals surface area contributed by atoms with Crippen molar-refractivity contribution in [2.45, 2.75) is 39.2 Å². The van der Waals surface area contributed by atoms with E-state index < -0.39 is 0 Å². The fourth-order valence-corrected chi connectivity index (χ4v) is 1.92. The van der Waals surface area contributed by atoms with E-state index in [1.165, 1.54) is 30.4 Å². The predicted molar refractivity (Wildman–Crippen MR) is 77.3 cm³/mol. The Morgan fingerprint density at radius 1 is 1.47 bits per heavy atom. The number of hydrogen-bond acceptors (Lipinski definition) is 1. The van der Waals surface area contributed by atoms with Crippen LogP contribution < -0.4 is 5.32 Å². The third-order valence-electron chi connectivity index (χ3n) is 3.06. The molecule has 1 aliphatic rings. The van der Waals surface area contributed by atoms with Crippen molar-refractivity contribution in [3.05, 3.63) is 47.1 Å². The monoisotopic (exact) mass is 251 g/mol. The molecule has 0 amide bonds. The van der Waals surface area contributed by atoms with Crippen molar-refractivity contribution >= 4 is 11.6 Å². The topological polar surface area (TPSA) is 12.0 Å². The quantitative estimate of drug-likeness (QED) is 0.737. The van der Waals surface area contributed by atoms with E-state index in [4.69, 9.17) is 11.6 Å². The van der Waals surface area contributed by atoms with Gasteiger partial charge in [-0.3, -0.25) is 0 Å². The fourth-order valence-electron chi connectivity index (χ4n) is 1.84. The Bertz CT molecular complexity index is 337. The van der Waals surface area contributed by atoms with Gasteiger partial charge in [0, 0.05) is 18.1 Å². The molecule has 1 rings (SSSR count). The predicted octanol–water partition coefficient (Wildman–Crippen LogP) is 4.33. The van der Waals surface area contributed by atoms with Crippen molar-refractivity contribution in [2.75, 3.05) is 6.54 Å². The lowest BCUT2D eigenvalue weighted by Gasteiger charge is -2.10. The van der Waals surface area contributed by atoms with Crippen LogP contribution in [0.25, 0.3) is 0 Å². The van der Waals surface area contributed by atoms with E-state index >= 15 is 0 Å². The third-order valence-corrected chi connectivity index (χ3v) is 3.20. The third kappa shape index (κ3) is 5.90. The minimum absolute atomic E-state index is 0.496. The van der Waals surface area contributed by atoms with Crippen molar-refractivity contribution in [3.63, 3.8) is 0 Å². The second-order valence-electron chi connectivity index (χ2n) is 4.41. The average Bonchev–Trinajstić information content (AvgIpc) is 2.58. The van der Waals surface area contributed by atoms with Gasteiger partial charge in [-0.05, 0) is 33.1 Å². The molecule has 0 aromatic rings. The molecule has 2 heteroatoms. The van der Waals surface area contributed by atoms with E-state index in [0.717, 1.165) is 6.54 Å². The van der Waals surface area contributed by atoms with Crippen LogP contribution in [-0.2, 0) is 0 Å². The molecule has 1 unspecified atom stereocenters. The lowest BCUT2D eigenvalue weighted by Crippen LogP contribution is -2.26. The summed E-state index contributed by atoms with van der Waals surface area (Å²) in [6, 6.07) is 0.496. The molecule has 1 fully saturated rings. The number of nitrogens with one attached hydrogen (secondary N) is 1. The molecule has 0 radical (unpaired) electrons. The molecule has 1 N–H and O–H groups in total. The molecule has 0 bridgehead atoms. The molecule has 17 heavy (non-hydrogen) atoms. The normalized spacial score (nSPS) is 25.9. The van der Waals surface area contributed by atoms with Gasteiger partial charge in [-0.15, -0.1) is 0 Å². The van der Waals surface area contributed by atoms with Crippen LogP contribution in [0.15, 0.2) is 47.1 Å². The number of allylic oxidation sites excluding steroid dienone is 5. The molecule has 94 valence electrons. The average molecular weight is 252 g/mol. The minimum atomic E-state index is 0.496. The number of halogens is 1. The molecule has 1 nitrogen and oxygen atoms in total. The highest BCUT2D eigenvalue weighted by Gasteiger charge is 2.10. The molecule has 1 saturated heterocycles. The van der Waals surface area contributed by atoms with Crippen molar-refractivity contribution < 1.29 is 0 Å². The summed E-state index contributed by atoms with van der Waals surface area (Å²) in [5.74, 6) is 0. The summed E-state index contributed by atoms with van der Waals surface area (Å²) in [6.45, 7) is 5.16. The van der Waals surface area contributed by atoms with Gasteiger partial charge >= 0.3 is 0 Å². The lowest BCUT2D eigenvalue weighted by molar-refractivity contribution is 0.602. The Morgan fingerprint density at radius 3 is 3.00 bits per heavy atom. The minimum Gasteiger partial charge on any atom is -0.307 e. The summed E-state index contributed by atoms with van der Waals surface area (Å²) in [4.78, 5) is 0. The Labute approximate surface area is 110 Å². The molecule has 1 heterocycles. The Hall–Kier alpha value is -0.790. The largest absolute Gasteiger partial charge is 0.307 e. The van der Waals surface area contributed by atoms with E-state index in [2.05, 4.69) is 43.5 Å². The van der Waals surface area contributed by atoms with Crippen LogP contribution in [0.2, 0.25) is 0 Å². The van der Waals surface area contributed by atoms with Crippen molar-refractivity contribution in [1.29, 1.82) is 0 Å². The standard InChI is InChI=1S/C15H22ClN/c1-3-13(2)9-10-15-8-4-6-14(12-17-15)7-5-11-16/h3,5,7,9-11,15,17H,4,6,8,12H2,1-2H3. The first-order chi connectivity index (χ1) is 8.26. The molecule has 0 spiro atoms. The van der Waals surface area contributed by atoms with Crippen LogP contribution in [0.1, 0.15) is 33.1 Å². The van der Waals surface area contributed by atoms with Crippen LogP contribution >= 0.6 is 11.6 Å². The summed E-state index contributed by atoms with van der Waals surface area (Å²) in [5, 5.41) is 3.56. The smallest absolute Gasteiger partial charge is 0.0256 e. The van der Waals surface area contributed by atoms with Gasteiger partial charge in [-0.1, -0.05) is 53.1 Å². The van der Waals surface area contributed by atoms with Crippen LogP contribution in [0.3, 0.4) is 0 Å². The molecule has 0 aromatic heterocycles. The highest BCUT2D eigenvalue weighted by atomic mass is 35.5. The molecular weight excluding hydrogens is 230 g/mol. The first-order valence-electron chi connectivity index (χ1n) is 6.25. The van der Waals surface area contributed by atoms with Crippen LogP contribution in [0.5, 0.6) is 0 Å². The zero-order chi connectivity index (χ0) is 12.5. The fraction of sp³-hybridized carbons (Fsp3) is 0.467. The van der Waals surface area contributed by atoms with E-state index in [9.17, 15) is 0 Å². The second-order valence-corrected chi connectivity index (χ2v) is 4.67. The van der Waals surface area contributed by atoms with Gasteiger partial charge in [0.05, 0.1) is 0 Å². The number of rotatable bonds is 3. The van der Waals surface area contributed by atoms with Crippen molar-refractivity contribution in [1.82, 2.24) is 5.32 Å². The molecular formula is C15H22ClN. The maximum atomic E-state index is 5.53. The van der Waals surface area contributed by atoms with E-state index in [-0.39, 0.29) is 0 Å². The van der Waals surface area contributed by atoms with Crippen LogP contribution in [0, 0.1) is 0 Å². The van der Waals surface area contributed by atoms with Gasteiger partial charge in [-0.2, -0.15) is 0 Å². The van der Waals surface area contributed by atoms with E-state index in [0.29, 0.717) is 6.04 Å². The van der Waals surface area contributed by atoms with Gasteiger partial charge in [0.15, 0.2) is 0 Å². The zero-order valence-electron chi connectivity index (χ0n) is 10.7. The van der Waals surface area contributed by atoms with Gasteiger partial charge < -0.3 is 5.32 Å². The first-order valence-corrected chi connectivity index (χ1v) is 6.69. The van der Waals surface area contributed by atoms with Gasteiger partial charge in [0.2, 0.25) is 0 Å². The highest BCUT2D eigenvalue weighted by Crippen LogP contribution is 2.15. The summed E-state index contributed by atoms with van der Waals surface area (Å²) in [5.41, 5.74) is 4.31. The molecule has 0 saturated carbocycles. The van der Waals surface area contributed by atoms with Crippen molar-refractivity contribution in [2.24, 2.45) is 0 Å². The SMILES string of the molecule is CC=C(C)C=CC1CCCC(=CC=CCl)CN1. The maximum Gasteiger partial charge on any atom is 0.0256 e. The Balaban J connectivity index is 2.50. The highest BCUT2D eigenvalue weighted by molar-refractivity contribution is 6.25. The summed E-state index contributed by atoms with van der Waals surface area (Å²) in [6.07, 6.45) is 14.2. The summed E-state index contributed by atoms with van der Waals surface area (Å²) >= 11 is 5.53. The molecule has 0 aromatic carbocycles. The van der Waals surface area contributed by atoms with Gasteiger partial charge in [0.1, 0.15) is 0 Å². The summed E-state index contributed by atoms with van der Waals surface area (Å²) < 4.78 is 0. The Kier molecular flexibility index (Phi) is 6.99. The maximum absolute atomic E-state index is 5.53. The molecule has 0 aliphatic carbocycles. The van der Waals surface area contributed by atoms with Crippen molar-refractivity contribution in [3.8, 4) is 0 Å². The van der Waals surface area contributed by atoms with Crippen LogP contribution in [-0.4, -0.2) is 12.6 Å². The first kappa shape index (κ1) is 14.3. The second kappa shape index (κ2) is 8.32.